The predicted molar refractivity (Wildman–Crippen MR) is 89.0 cm³/mol. The molecule has 0 saturated carbocycles. The highest BCUT2D eigenvalue weighted by atomic mass is 35.5. The van der Waals surface area contributed by atoms with E-state index in [1.165, 1.54) is 22.1 Å². The average molecular weight is 350 g/mol. The fraction of sp³-hybridized carbons (Fsp3) is 0.0714. The number of thiazole rings is 1. The minimum absolute atomic E-state index is 0.0401. The van der Waals surface area contributed by atoms with Crippen LogP contribution in [0.3, 0.4) is 0 Å². The lowest BCUT2D eigenvalue weighted by Crippen LogP contribution is -2.14. The van der Waals surface area contributed by atoms with Crippen LogP contribution in [-0.2, 0) is 0 Å². The van der Waals surface area contributed by atoms with E-state index in [9.17, 15) is 9.90 Å². The summed E-state index contributed by atoms with van der Waals surface area (Å²) in [7, 11) is 0. The van der Waals surface area contributed by atoms with E-state index in [-0.39, 0.29) is 27.8 Å². The number of carbonyl (C=O) groups excluding carboxylic acids is 1. The van der Waals surface area contributed by atoms with Crippen LogP contribution in [0.2, 0.25) is 5.02 Å². The van der Waals surface area contributed by atoms with Gasteiger partial charge < -0.3 is 16.6 Å². The molecule has 7 nitrogen and oxygen atoms in total. The predicted octanol–water partition coefficient (Wildman–Crippen LogP) is 2.34. The molecule has 0 fully saturated rings. The van der Waals surface area contributed by atoms with Crippen molar-refractivity contribution in [1.82, 2.24) is 14.8 Å². The molecule has 3 rings (SSSR count). The van der Waals surface area contributed by atoms with E-state index in [2.05, 4.69) is 10.1 Å². The van der Waals surface area contributed by atoms with E-state index >= 15 is 0 Å². The van der Waals surface area contributed by atoms with E-state index in [0.29, 0.717) is 10.7 Å². The number of hydrogen-bond acceptors (Lipinski definition) is 6. The monoisotopic (exact) mass is 349 g/mol. The third-order valence-electron chi connectivity index (χ3n) is 3.31. The molecule has 0 saturated heterocycles. The zero-order chi connectivity index (χ0) is 16.7. The quantitative estimate of drug-likeness (QED) is 0.670. The van der Waals surface area contributed by atoms with Gasteiger partial charge >= 0.3 is 0 Å². The number of hydrogen-bond donors (Lipinski definition) is 3. The number of carbonyl (C=O) groups is 1. The zero-order valence-corrected chi connectivity index (χ0v) is 13.5. The number of phenolic OH excluding ortho intramolecular Hbond substituents is 1. The van der Waals surface area contributed by atoms with E-state index in [1.807, 2.05) is 0 Å². The molecule has 2 heterocycles. The Morgan fingerprint density at radius 3 is 2.78 bits per heavy atom. The Bertz CT molecular complexity index is 905. The highest BCUT2D eigenvalue weighted by Crippen LogP contribution is 2.36. The SMILES string of the molecule is Cc1ccc(O)c(Cl)c1-n1nc(-c2nccs2)c(C(N)=O)c1N. The molecule has 0 aliphatic carbocycles. The smallest absolute Gasteiger partial charge is 0.254 e. The van der Waals surface area contributed by atoms with Crippen LogP contribution in [0, 0.1) is 6.92 Å². The van der Waals surface area contributed by atoms with Crippen molar-refractivity contribution in [2.45, 2.75) is 6.92 Å². The van der Waals surface area contributed by atoms with Crippen LogP contribution in [0.25, 0.3) is 16.4 Å². The fourth-order valence-electron chi connectivity index (χ4n) is 2.25. The van der Waals surface area contributed by atoms with Gasteiger partial charge in [0.25, 0.3) is 5.91 Å². The molecule has 0 radical (unpaired) electrons. The molecular formula is C14H12ClN5O2S. The number of primary amides is 1. The topological polar surface area (TPSA) is 120 Å². The minimum Gasteiger partial charge on any atom is -0.506 e. The van der Waals surface area contributed by atoms with Crippen molar-refractivity contribution in [1.29, 1.82) is 0 Å². The average Bonchev–Trinajstić information content (AvgIpc) is 3.12. The molecular weight excluding hydrogens is 338 g/mol. The number of nitrogens with two attached hydrogens (primary N) is 2. The van der Waals surface area contributed by atoms with Crippen molar-refractivity contribution >= 4 is 34.7 Å². The Labute approximate surface area is 140 Å². The summed E-state index contributed by atoms with van der Waals surface area (Å²) in [6.45, 7) is 1.79. The summed E-state index contributed by atoms with van der Waals surface area (Å²) >= 11 is 7.48. The molecule has 5 N–H and O–H groups in total. The van der Waals surface area contributed by atoms with Crippen molar-refractivity contribution in [3.8, 4) is 22.1 Å². The van der Waals surface area contributed by atoms with Gasteiger partial charge in [0.1, 0.15) is 32.9 Å². The second-order valence-corrected chi connectivity index (χ2v) is 6.06. The maximum atomic E-state index is 11.8. The minimum atomic E-state index is -0.715. The Balaban J connectivity index is 2.33. The van der Waals surface area contributed by atoms with Crippen LogP contribution in [0.15, 0.2) is 23.7 Å². The molecule has 1 amide bonds. The number of nitrogen functional groups attached to an aromatic ring is 1. The molecule has 3 aromatic rings. The maximum absolute atomic E-state index is 11.8. The number of halogens is 1. The number of amides is 1. The van der Waals surface area contributed by atoms with Crippen LogP contribution >= 0.6 is 22.9 Å². The second kappa shape index (κ2) is 5.56. The Morgan fingerprint density at radius 1 is 1.43 bits per heavy atom. The molecule has 118 valence electrons. The summed E-state index contributed by atoms with van der Waals surface area (Å²) in [4.78, 5) is 15.9. The summed E-state index contributed by atoms with van der Waals surface area (Å²) < 4.78 is 1.30. The molecule has 0 unspecified atom stereocenters. The number of benzene rings is 1. The number of anilines is 1. The van der Waals surface area contributed by atoms with Crippen molar-refractivity contribution < 1.29 is 9.90 Å². The summed E-state index contributed by atoms with van der Waals surface area (Å²) in [5.41, 5.74) is 13.0. The molecule has 0 spiro atoms. The first kappa shape index (κ1) is 15.3. The first-order valence-corrected chi connectivity index (χ1v) is 7.74. The summed E-state index contributed by atoms with van der Waals surface area (Å²) in [6, 6.07) is 3.14. The summed E-state index contributed by atoms with van der Waals surface area (Å²) in [5.74, 6) is -0.787. The molecule has 1 aromatic carbocycles. The maximum Gasteiger partial charge on any atom is 0.254 e. The van der Waals surface area contributed by atoms with Gasteiger partial charge in [-0.3, -0.25) is 4.79 Å². The van der Waals surface area contributed by atoms with Crippen LogP contribution in [-0.4, -0.2) is 25.8 Å². The van der Waals surface area contributed by atoms with Crippen molar-refractivity contribution in [3.05, 3.63) is 39.9 Å². The van der Waals surface area contributed by atoms with Gasteiger partial charge in [-0.25, -0.2) is 9.67 Å². The molecule has 2 aromatic heterocycles. The van der Waals surface area contributed by atoms with Gasteiger partial charge in [0, 0.05) is 11.6 Å². The van der Waals surface area contributed by atoms with Crippen LogP contribution in [0.4, 0.5) is 5.82 Å². The van der Waals surface area contributed by atoms with Gasteiger partial charge in [-0.05, 0) is 18.6 Å². The molecule has 0 atom stereocenters. The van der Waals surface area contributed by atoms with E-state index in [4.69, 9.17) is 23.1 Å². The molecule has 0 aliphatic rings. The summed E-state index contributed by atoms with van der Waals surface area (Å²) in [6.07, 6.45) is 1.59. The van der Waals surface area contributed by atoms with E-state index < -0.39 is 5.91 Å². The Kier molecular flexibility index (Phi) is 3.70. The molecule has 9 heteroatoms. The number of aryl methyl sites for hydroxylation is 1. The standard InChI is InChI=1S/C14H12ClN5O2S/c1-6-2-3-7(21)9(15)11(6)20-12(16)8(13(17)22)10(19-20)14-18-4-5-23-14/h2-5,21H,16H2,1H3,(H2,17,22). The van der Waals surface area contributed by atoms with Crippen LogP contribution < -0.4 is 11.5 Å². The normalized spacial score (nSPS) is 10.9. The number of phenols is 1. The summed E-state index contributed by atoms with van der Waals surface area (Å²) in [5, 5.41) is 16.5. The van der Waals surface area contributed by atoms with Gasteiger partial charge in [-0.15, -0.1) is 11.3 Å². The largest absolute Gasteiger partial charge is 0.506 e. The lowest BCUT2D eigenvalue weighted by molar-refractivity contribution is 0.100. The molecule has 0 aliphatic heterocycles. The first-order valence-electron chi connectivity index (χ1n) is 6.48. The van der Waals surface area contributed by atoms with Crippen LogP contribution in [0.1, 0.15) is 15.9 Å². The van der Waals surface area contributed by atoms with Gasteiger partial charge in [-0.2, -0.15) is 5.10 Å². The van der Waals surface area contributed by atoms with Crippen molar-refractivity contribution in [2.24, 2.45) is 5.73 Å². The zero-order valence-electron chi connectivity index (χ0n) is 11.9. The van der Waals surface area contributed by atoms with Crippen LogP contribution in [0.5, 0.6) is 5.75 Å². The number of rotatable bonds is 3. The Hall–Kier alpha value is -2.58. The van der Waals surface area contributed by atoms with E-state index in [0.717, 1.165) is 5.56 Å². The Morgan fingerprint density at radius 2 is 2.17 bits per heavy atom. The first-order chi connectivity index (χ1) is 10.9. The third kappa shape index (κ3) is 2.41. The highest BCUT2D eigenvalue weighted by molar-refractivity contribution is 7.13. The number of nitrogens with zero attached hydrogens (tertiary/aromatic N) is 3. The highest BCUT2D eigenvalue weighted by Gasteiger charge is 2.25. The van der Waals surface area contributed by atoms with Gasteiger partial charge in [0.15, 0.2) is 0 Å². The molecule has 23 heavy (non-hydrogen) atoms. The molecule has 0 bridgehead atoms. The number of aromatic nitrogens is 3. The third-order valence-corrected chi connectivity index (χ3v) is 4.46. The second-order valence-electron chi connectivity index (χ2n) is 4.79. The lowest BCUT2D eigenvalue weighted by Gasteiger charge is -2.11. The van der Waals surface area contributed by atoms with Gasteiger partial charge in [-0.1, -0.05) is 17.7 Å². The van der Waals surface area contributed by atoms with Gasteiger partial charge in [0.05, 0.1) is 5.69 Å². The number of aromatic hydroxyl groups is 1. The fourth-order valence-corrected chi connectivity index (χ4v) is 3.16. The van der Waals surface area contributed by atoms with E-state index in [1.54, 1.807) is 24.6 Å². The lowest BCUT2D eigenvalue weighted by atomic mass is 10.2. The van der Waals surface area contributed by atoms with Gasteiger partial charge in [0.2, 0.25) is 0 Å². The van der Waals surface area contributed by atoms with Crippen molar-refractivity contribution in [2.75, 3.05) is 5.73 Å². The van der Waals surface area contributed by atoms with Crippen molar-refractivity contribution in [3.63, 3.8) is 0 Å².